The first kappa shape index (κ1) is 11.4. The highest BCUT2D eigenvalue weighted by atomic mass is 16.1. The molecule has 0 fully saturated rings. The molecule has 0 aliphatic rings. The van der Waals surface area contributed by atoms with Crippen LogP contribution in [0.25, 0.3) is 0 Å². The van der Waals surface area contributed by atoms with E-state index in [4.69, 9.17) is 0 Å². The Morgan fingerprint density at radius 2 is 2.00 bits per heavy atom. The van der Waals surface area contributed by atoms with Gasteiger partial charge >= 0.3 is 0 Å². The molecule has 0 heterocycles. The Labute approximate surface area is 75.9 Å². The summed E-state index contributed by atoms with van der Waals surface area (Å²) in [4.78, 5) is 11.0. The van der Waals surface area contributed by atoms with Crippen molar-refractivity contribution in [3.63, 3.8) is 0 Å². The topological polar surface area (TPSA) is 17.1 Å². The highest BCUT2D eigenvalue weighted by Gasteiger charge is 2.12. The first-order chi connectivity index (χ1) is 5.59. The number of Topliss-reactive ketones (excluding diaryl/α,β-unsaturated/α-hetero) is 1. The standard InChI is InChI=1S/C11H20O/c1-5-6-7-8-9(2)10(3)11(4)12/h7-10H,5-6H2,1-4H3. The summed E-state index contributed by atoms with van der Waals surface area (Å²) in [6, 6.07) is 0. The lowest BCUT2D eigenvalue weighted by molar-refractivity contribution is -0.121. The Kier molecular flexibility index (Phi) is 5.69. The highest BCUT2D eigenvalue weighted by Crippen LogP contribution is 2.13. The maximum absolute atomic E-state index is 11.0. The minimum Gasteiger partial charge on any atom is -0.300 e. The number of allylic oxidation sites excluding steroid dienone is 2. The quantitative estimate of drug-likeness (QED) is 0.576. The number of carbonyl (C=O) groups is 1. The maximum atomic E-state index is 11.0. The predicted octanol–water partition coefficient (Wildman–Crippen LogP) is 3.20. The molecule has 0 aromatic rings. The first-order valence-corrected chi connectivity index (χ1v) is 4.76. The van der Waals surface area contributed by atoms with Crippen molar-refractivity contribution in [1.29, 1.82) is 0 Å². The van der Waals surface area contributed by atoms with Crippen LogP contribution < -0.4 is 0 Å². The summed E-state index contributed by atoms with van der Waals surface area (Å²) in [5.41, 5.74) is 0. The van der Waals surface area contributed by atoms with Gasteiger partial charge in [0.25, 0.3) is 0 Å². The Balaban J connectivity index is 3.85. The van der Waals surface area contributed by atoms with Gasteiger partial charge in [-0.3, -0.25) is 4.79 Å². The van der Waals surface area contributed by atoms with E-state index in [9.17, 15) is 4.79 Å². The molecule has 1 heteroatoms. The van der Waals surface area contributed by atoms with Crippen molar-refractivity contribution in [3.8, 4) is 0 Å². The van der Waals surface area contributed by atoms with Gasteiger partial charge in [-0.2, -0.15) is 0 Å². The van der Waals surface area contributed by atoms with Crippen LogP contribution in [0, 0.1) is 11.8 Å². The minimum atomic E-state index is 0.165. The second-order valence-electron chi connectivity index (χ2n) is 3.48. The highest BCUT2D eigenvalue weighted by molar-refractivity contribution is 5.78. The van der Waals surface area contributed by atoms with Gasteiger partial charge in [-0.15, -0.1) is 0 Å². The van der Waals surface area contributed by atoms with Gasteiger partial charge in [-0.1, -0.05) is 39.3 Å². The molecule has 2 unspecified atom stereocenters. The molecule has 0 aliphatic heterocycles. The summed E-state index contributed by atoms with van der Waals surface area (Å²) in [5.74, 6) is 0.829. The van der Waals surface area contributed by atoms with E-state index in [0.29, 0.717) is 5.92 Å². The summed E-state index contributed by atoms with van der Waals surface area (Å²) in [6.07, 6.45) is 6.62. The first-order valence-electron chi connectivity index (χ1n) is 4.76. The van der Waals surface area contributed by atoms with Gasteiger partial charge < -0.3 is 0 Å². The lowest BCUT2D eigenvalue weighted by Crippen LogP contribution is -2.13. The van der Waals surface area contributed by atoms with Gasteiger partial charge in [0.1, 0.15) is 5.78 Å². The van der Waals surface area contributed by atoms with E-state index < -0.39 is 0 Å². The van der Waals surface area contributed by atoms with Crippen molar-refractivity contribution >= 4 is 5.78 Å². The molecule has 0 aromatic heterocycles. The SMILES string of the molecule is CCCC=CC(C)C(C)C(C)=O. The molecule has 0 rings (SSSR count). The lowest BCUT2D eigenvalue weighted by atomic mass is 9.92. The number of ketones is 1. The third-order valence-corrected chi connectivity index (χ3v) is 2.32. The largest absolute Gasteiger partial charge is 0.300 e. The fraction of sp³-hybridized carbons (Fsp3) is 0.727. The van der Waals surface area contributed by atoms with Gasteiger partial charge in [0.05, 0.1) is 0 Å². The molecule has 2 atom stereocenters. The van der Waals surface area contributed by atoms with Crippen LogP contribution in [0.3, 0.4) is 0 Å². The predicted molar refractivity (Wildman–Crippen MR) is 53.1 cm³/mol. The molecular formula is C11H20O. The van der Waals surface area contributed by atoms with Crippen molar-refractivity contribution < 1.29 is 4.79 Å². The van der Waals surface area contributed by atoms with Crippen molar-refractivity contribution in [2.75, 3.05) is 0 Å². The van der Waals surface area contributed by atoms with E-state index in [-0.39, 0.29) is 11.7 Å². The molecule has 12 heavy (non-hydrogen) atoms. The van der Waals surface area contributed by atoms with E-state index in [2.05, 4.69) is 26.0 Å². The smallest absolute Gasteiger partial charge is 0.133 e. The minimum absolute atomic E-state index is 0.165. The number of hydrogen-bond donors (Lipinski definition) is 0. The molecule has 70 valence electrons. The fourth-order valence-corrected chi connectivity index (χ4v) is 1.01. The molecule has 0 aromatic carbocycles. The Hall–Kier alpha value is -0.590. The van der Waals surface area contributed by atoms with Crippen LogP contribution in [0.2, 0.25) is 0 Å². The number of hydrogen-bond acceptors (Lipinski definition) is 1. The average Bonchev–Trinajstić information content (AvgIpc) is 2.03. The maximum Gasteiger partial charge on any atom is 0.133 e. The second kappa shape index (κ2) is 5.99. The molecule has 0 saturated heterocycles. The van der Waals surface area contributed by atoms with Gasteiger partial charge in [-0.05, 0) is 19.3 Å². The molecule has 0 saturated carbocycles. The zero-order chi connectivity index (χ0) is 9.56. The molecule has 1 nitrogen and oxygen atoms in total. The van der Waals surface area contributed by atoms with Crippen molar-refractivity contribution in [3.05, 3.63) is 12.2 Å². The van der Waals surface area contributed by atoms with E-state index in [1.807, 2.05) is 6.92 Å². The van der Waals surface area contributed by atoms with Crippen LogP contribution in [0.15, 0.2) is 12.2 Å². The van der Waals surface area contributed by atoms with Gasteiger partial charge in [0.15, 0.2) is 0 Å². The Bertz CT molecular complexity index is 158. The van der Waals surface area contributed by atoms with Crippen LogP contribution >= 0.6 is 0 Å². The zero-order valence-electron chi connectivity index (χ0n) is 8.63. The lowest BCUT2D eigenvalue weighted by Gasteiger charge is -2.12. The summed E-state index contributed by atoms with van der Waals surface area (Å²) in [6.45, 7) is 7.90. The fourth-order valence-electron chi connectivity index (χ4n) is 1.01. The van der Waals surface area contributed by atoms with Crippen LogP contribution in [0.4, 0.5) is 0 Å². The van der Waals surface area contributed by atoms with Gasteiger partial charge in [0, 0.05) is 5.92 Å². The summed E-state index contributed by atoms with van der Waals surface area (Å²) >= 11 is 0. The molecule has 0 spiro atoms. The summed E-state index contributed by atoms with van der Waals surface area (Å²) in [5, 5.41) is 0. The number of carbonyl (C=O) groups excluding carboxylic acids is 1. The summed E-state index contributed by atoms with van der Waals surface area (Å²) < 4.78 is 0. The normalized spacial score (nSPS) is 16.3. The van der Waals surface area contributed by atoms with Crippen LogP contribution in [0.5, 0.6) is 0 Å². The molecule has 0 aliphatic carbocycles. The van der Waals surface area contributed by atoms with Crippen LogP contribution in [-0.4, -0.2) is 5.78 Å². The van der Waals surface area contributed by atoms with Crippen molar-refractivity contribution in [1.82, 2.24) is 0 Å². The van der Waals surface area contributed by atoms with Gasteiger partial charge in [-0.25, -0.2) is 0 Å². The Morgan fingerprint density at radius 1 is 1.42 bits per heavy atom. The second-order valence-corrected chi connectivity index (χ2v) is 3.48. The van der Waals surface area contributed by atoms with Crippen LogP contribution in [-0.2, 0) is 4.79 Å². The van der Waals surface area contributed by atoms with E-state index in [1.54, 1.807) is 6.92 Å². The average molecular weight is 168 g/mol. The van der Waals surface area contributed by atoms with Crippen molar-refractivity contribution in [2.24, 2.45) is 11.8 Å². The third-order valence-electron chi connectivity index (χ3n) is 2.32. The Morgan fingerprint density at radius 3 is 2.42 bits per heavy atom. The number of rotatable bonds is 5. The molecule has 0 amide bonds. The number of unbranched alkanes of at least 4 members (excludes halogenated alkanes) is 1. The van der Waals surface area contributed by atoms with Crippen LogP contribution in [0.1, 0.15) is 40.5 Å². The molecule has 0 radical (unpaired) electrons. The monoisotopic (exact) mass is 168 g/mol. The zero-order valence-corrected chi connectivity index (χ0v) is 8.63. The van der Waals surface area contributed by atoms with E-state index in [0.717, 1.165) is 6.42 Å². The van der Waals surface area contributed by atoms with E-state index in [1.165, 1.54) is 6.42 Å². The molecule has 0 N–H and O–H groups in total. The molecular weight excluding hydrogens is 148 g/mol. The van der Waals surface area contributed by atoms with Crippen molar-refractivity contribution in [2.45, 2.75) is 40.5 Å². The van der Waals surface area contributed by atoms with E-state index >= 15 is 0 Å². The molecule has 0 bridgehead atoms. The third kappa shape index (κ3) is 4.32. The summed E-state index contributed by atoms with van der Waals surface area (Å²) in [7, 11) is 0. The van der Waals surface area contributed by atoms with Gasteiger partial charge in [0.2, 0.25) is 0 Å².